The maximum absolute atomic E-state index is 12.0. The lowest BCUT2D eigenvalue weighted by atomic mass is 9.87. The van der Waals surface area contributed by atoms with Crippen molar-refractivity contribution in [1.29, 1.82) is 5.26 Å². The van der Waals surface area contributed by atoms with E-state index in [0.29, 0.717) is 18.4 Å². The van der Waals surface area contributed by atoms with Gasteiger partial charge in [-0.2, -0.15) is 5.26 Å². The highest BCUT2D eigenvalue weighted by atomic mass is 16.5. The number of benzene rings is 1. The zero-order valence-corrected chi connectivity index (χ0v) is 14.5. The lowest BCUT2D eigenvalue weighted by molar-refractivity contribution is -0.125. The summed E-state index contributed by atoms with van der Waals surface area (Å²) < 4.78 is 5.05. The van der Waals surface area contributed by atoms with E-state index in [9.17, 15) is 14.9 Å². The fourth-order valence-electron chi connectivity index (χ4n) is 2.87. The third kappa shape index (κ3) is 4.35. The van der Waals surface area contributed by atoms with E-state index in [0.717, 1.165) is 18.4 Å². The van der Waals surface area contributed by atoms with Crippen LogP contribution in [0, 0.1) is 11.3 Å². The first-order valence-corrected chi connectivity index (χ1v) is 8.26. The molecule has 0 unspecified atom stereocenters. The summed E-state index contributed by atoms with van der Waals surface area (Å²) >= 11 is 0. The molecule has 1 fully saturated rings. The van der Waals surface area contributed by atoms with Gasteiger partial charge in [0, 0.05) is 0 Å². The Morgan fingerprint density at radius 3 is 2.29 bits per heavy atom. The van der Waals surface area contributed by atoms with Crippen molar-refractivity contribution >= 4 is 11.9 Å². The van der Waals surface area contributed by atoms with Crippen LogP contribution in [0.4, 0.5) is 0 Å². The molecule has 0 aromatic heterocycles. The van der Waals surface area contributed by atoms with Crippen LogP contribution in [0.15, 0.2) is 24.3 Å². The number of amides is 1. The number of nitriles is 1. The molecule has 0 heterocycles. The predicted molar refractivity (Wildman–Crippen MR) is 90.4 cm³/mol. The molecule has 1 N–H and O–H groups in total. The molecule has 128 valence electrons. The first-order valence-electron chi connectivity index (χ1n) is 8.26. The first kappa shape index (κ1) is 18.0. The van der Waals surface area contributed by atoms with Gasteiger partial charge in [0.1, 0.15) is 5.54 Å². The Morgan fingerprint density at radius 2 is 1.79 bits per heavy atom. The van der Waals surface area contributed by atoms with Crippen LogP contribution < -0.4 is 5.32 Å². The van der Waals surface area contributed by atoms with Gasteiger partial charge in [-0.3, -0.25) is 4.79 Å². The molecule has 1 aliphatic rings. The van der Waals surface area contributed by atoms with Crippen LogP contribution in [-0.4, -0.2) is 24.0 Å². The second-order valence-electron chi connectivity index (χ2n) is 7.35. The van der Waals surface area contributed by atoms with E-state index in [1.54, 1.807) is 12.1 Å². The average molecular weight is 328 g/mol. The summed E-state index contributed by atoms with van der Waals surface area (Å²) in [6.07, 6.45) is 3.15. The van der Waals surface area contributed by atoms with Gasteiger partial charge in [-0.1, -0.05) is 32.9 Å². The van der Waals surface area contributed by atoms with E-state index in [1.807, 2.05) is 12.1 Å². The highest BCUT2D eigenvalue weighted by Gasteiger charge is 2.35. The van der Waals surface area contributed by atoms with Crippen LogP contribution in [-0.2, 0) is 14.9 Å². The quantitative estimate of drug-likeness (QED) is 0.861. The van der Waals surface area contributed by atoms with E-state index in [-0.39, 0.29) is 12.0 Å². The topological polar surface area (TPSA) is 79.2 Å². The van der Waals surface area contributed by atoms with E-state index < -0.39 is 17.4 Å². The number of rotatable bonds is 4. The molecule has 24 heavy (non-hydrogen) atoms. The van der Waals surface area contributed by atoms with Gasteiger partial charge in [-0.15, -0.1) is 0 Å². The third-order valence-corrected chi connectivity index (χ3v) is 4.37. The van der Waals surface area contributed by atoms with Crippen LogP contribution in [0.5, 0.6) is 0 Å². The highest BCUT2D eigenvalue weighted by Crippen LogP contribution is 2.28. The van der Waals surface area contributed by atoms with Crippen LogP contribution in [0.1, 0.15) is 62.4 Å². The van der Waals surface area contributed by atoms with Crippen molar-refractivity contribution in [2.24, 2.45) is 0 Å². The smallest absolute Gasteiger partial charge is 0.338 e. The van der Waals surface area contributed by atoms with Gasteiger partial charge in [-0.05, 0) is 48.8 Å². The van der Waals surface area contributed by atoms with Crippen molar-refractivity contribution in [3.8, 4) is 6.07 Å². The summed E-state index contributed by atoms with van der Waals surface area (Å²) in [6.45, 7) is 5.92. The third-order valence-electron chi connectivity index (χ3n) is 4.37. The van der Waals surface area contributed by atoms with E-state index in [4.69, 9.17) is 4.74 Å². The number of carbonyl (C=O) groups is 2. The van der Waals surface area contributed by atoms with Gasteiger partial charge >= 0.3 is 5.97 Å². The summed E-state index contributed by atoms with van der Waals surface area (Å²) in [5, 5.41) is 11.9. The molecular weight excluding hydrogens is 304 g/mol. The number of nitrogens with zero attached hydrogens (tertiary/aromatic N) is 1. The summed E-state index contributed by atoms with van der Waals surface area (Å²) in [5.74, 6) is -0.971. The molecule has 0 spiro atoms. The number of hydrogen-bond donors (Lipinski definition) is 1. The molecule has 5 heteroatoms. The molecule has 0 saturated heterocycles. The number of nitrogens with one attached hydrogen (secondary N) is 1. The Morgan fingerprint density at radius 1 is 1.21 bits per heavy atom. The lowest BCUT2D eigenvalue weighted by Gasteiger charge is -2.21. The van der Waals surface area contributed by atoms with Gasteiger partial charge in [0.25, 0.3) is 5.91 Å². The van der Waals surface area contributed by atoms with Crippen molar-refractivity contribution in [2.45, 2.75) is 57.4 Å². The fraction of sp³-hybridized carbons (Fsp3) is 0.526. The Kier molecular flexibility index (Phi) is 5.28. The second-order valence-corrected chi connectivity index (χ2v) is 7.35. The highest BCUT2D eigenvalue weighted by molar-refractivity contribution is 5.91. The van der Waals surface area contributed by atoms with Crippen LogP contribution in [0.25, 0.3) is 0 Å². The molecule has 1 aliphatic carbocycles. The van der Waals surface area contributed by atoms with Crippen LogP contribution in [0.2, 0.25) is 0 Å². The second kappa shape index (κ2) is 7.04. The first-order chi connectivity index (χ1) is 11.3. The van der Waals surface area contributed by atoms with Gasteiger partial charge < -0.3 is 10.1 Å². The number of hydrogen-bond acceptors (Lipinski definition) is 4. The largest absolute Gasteiger partial charge is 0.452 e. The molecule has 2 rings (SSSR count). The van der Waals surface area contributed by atoms with Gasteiger partial charge in [0.15, 0.2) is 6.61 Å². The summed E-state index contributed by atoms with van der Waals surface area (Å²) in [4.78, 5) is 24.0. The molecule has 1 aromatic rings. The van der Waals surface area contributed by atoms with Gasteiger partial charge in [0.2, 0.25) is 0 Å². The van der Waals surface area contributed by atoms with Gasteiger partial charge in [-0.25, -0.2) is 4.79 Å². The fourth-order valence-corrected chi connectivity index (χ4v) is 2.87. The number of ether oxygens (including phenoxy) is 1. The zero-order chi connectivity index (χ0) is 17.8. The van der Waals surface area contributed by atoms with E-state index in [2.05, 4.69) is 32.2 Å². The lowest BCUT2D eigenvalue weighted by Crippen LogP contribution is -2.46. The van der Waals surface area contributed by atoms with Crippen LogP contribution >= 0.6 is 0 Å². The normalized spacial score (nSPS) is 16.2. The molecule has 1 saturated carbocycles. The molecule has 1 aromatic carbocycles. The van der Waals surface area contributed by atoms with Crippen molar-refractivity contribution in [3.05, 3.63) is 35.4 Å². The zero-order valence-electron chi connectivity index (χ0n) is 14.5. The van der Waals surface area contributed by atoms with Crippen molar-refractivity contribution in [3.63, 3.8) is 0 Å². The summed E-state index contributed by atoms with van der Waals surface area (Å²) in [7, 11) is 0. The maximum Gasteiger partial charge on any atom is 0.338 e. The molecule has 1 amide bonds. The van der Waals surface area contributed by atoms with E-state index >= 15 is 0 Å². The molecule has 0 radical (unpaired) electrons. The molecule has 0 aliphatic heterocycles. The molecule has 5 nitrogen and oxygen atoms in total. The Hall–Kier alpha value is -2.35. The van der Waals surface area contributed by atoms with Crippen molar-refractivity contribution < 1.29 is 14.3 Å². The SMILES string of the molecule is CC(C)(C)c1ccc(C(=O)OCC(=O)NC2(C#N)CCCC2)cc1. The minimum atomic E-state index is -0.794. The Bertz CT molecular complexity index is 645. The number of carbonyl (C=O) groups excluding carboxylic acids is 2. The molecule has 0 bridgehead atoms. The Balaban J connectivity index is 1.89. The summed E-state index contributed by atoms with van der Waals surface area (Å²) in [6, 6.07) is 9.36. The van der Waals surface area contributed by atoms with Crippen molar-refractivity contribution in [2.75, 3.05) is 6.61 Å². The average Bonchev–Trinajstić information content (AvgIpc) is 3.01. The number of esters is 1. The van der Waals surface area contributed by atoms with Crippen molar-refractivity contribution in [1.82, 2.24) is 5.32 Å². The minimum absolute atomic E-state index is 0.00914. The molecule has 0 atom stereocenters. The monoisotopic (exact) mass is 328 g/mol. The van der Waals surface area contributed by atoms with Gasteiger partial charge in [0.05, 0.1) is 11.6 Å². The Labute approximate surface area is 143 Å². The van der Waals surface area contributed by atoms with Crippen LogP contribution in [0.3, 0.4) is 0 Å². The molecular formula is C19H24N2O3. The van der Waals surface area contributed by atoms with E-state index in [1.165, 1.54) is 0 Å². The predicted octanol–water partition coefficient (Wildman–Crippen LogP) is 3.09. The standard InChI is InChI=1S/C19H24N2O3/c1-18(2,3)15-8-6-14(7-9-15)17(23)24-12-16(22)21-19(13-20)10-4-5-11-19/h6-9H,4-5,10-12H2,1-3H3,(H,21,22). The minimum Gasteiger partial charge on any atom is -0.452 e. The maximum atomic E-state index is 12.0. The summed E-state index contributed by atoms with van der Waals surface area (Å²) in [5.41, 5.74) is 0.744.